The van der Waals surface area contributed by atoms with Crippen molar-refractivity contribution in [1.82, 2.24) is 0 Å². The predicted octanol–water partition coefficient (Wildman–Crippen LogP) is 5.63. The second-order valence-electron chi connectivity index (χ2n) is 10.6. The topological polar surface area (TPSA) is 66.4 Å². The number of rotatable bonds is 16. The lowest BCUT2D eigenvalue weighted by Crippen LogP contribution is -2.48. The molecule has 0 aliphatic heterocycles. The number of hydrogen-bond acceptors (Lipinski definition) is 6. The summed E-state index contributed by atoms with van der Waals surface area (Å²) in [7, 11) is -9.24. The third-order valence-electron chi connectivity index (χ3n) is 4.57. The maximum atomic E-state index is 9.73. The van der Waals surface area contributed by atoms with Gasteiger partial charge in [-0.15, -0.1) is 0 Å². The van der Waals surface area contributed by atoms with Crippen LogP contribution >= 0.6 is 0 Å². The van der Waals surface area contributed by atoms with Crippen LogP contribution in [0.25, 0.3) is 0 Å². The standard InChI is InChI=1S/C12H32O4Si3.C8H24O2Si3/c1-8-13-19(14-9-2,15-10-3)12-11-18(6,7)16-17(4)5;1-11(2)10-13(5,6)8-7-12(3,4)9/h17H,8-12H2,1-7H3;9,11H,7-8H2,1-6H3. The van der Waals surface area contributed by atoms with Gasteiger partial charge in [-0.05, 0) is 104 Å². The first kappa shape index (κ1) is 35.2. The van der Waals surface area contributed by atoms with Crippen molar-refractivity contribution in [3.8, 4) is 0 Å². The summed E-state index contributed by atoms with van der Waals surface area (Å²) in [6, 6.07) is 4.04. The number of hydrogen-bond donors (Lipinski definition) is 1. The normalized spacial score (nSPS) is 13.5. The molecule has 0 fully saturated rings. The minimum Gasteiger partial charge on any atom is -0.458 e. The van der Waals surface area contributed by atoms with Gasteiger partial charge in [-0.1, -0.05) is 0 Å². The van der Waals surface area contributed by atoms with E-state index in [-0.39, 0.29) is 0 Å². The van der Waals surface area contributed by atoms with Gasteiger partial charge in [0.25, 0.3) is 0 Å². The zero-order chi connectivity index (χ0) is 25.6. The summed E-state index contributed by atoms with van der Waals surface area (Å²) in [6.07, 6.45) is 0. The Labute approximate surface area is 208 Å². The van der Waals surface area contributed by atoms with Crippen LogP contribution in [0, 0.1) is 0 Å². The highest BCUT2D eigenvalue weighted by Crippen LogP contribution is 2.25. The highest BCUT2D eigenvalue weighted by atomic mass is 28.4. The van der Waals surface area contributed by atoms with Gasteiger partial charge in [0.05, 0.1) is 0 Å². The average molecular weight is 561 g/mol. The van der Waals surface area contributed by atoms with E-state index in [2.05, 4.69) is 52.4 Å². The summed E-state index contributed by atoms with van der Waals surface area (Å²) < 4.78 is 29.9. The quantitative estimate of drug-likeness (QED) is 0.247. The van der Waals surface area contributed by atoms with Crippen molar-refractivity contribution < 1.29 is 26.3 Å². The van der Waals surface area contributed by atoms with Crippen LogP contribution in [0.3, 0.4) is 0 Å². The molecule has 0 radical (unpaired) electrons. The van der Waals surface area contributed by atoms with E-state index in [1.807, 2.05) is 33.9 Å². The summed E-state index contributed by atoms with van der Waals surface area (Å²) in [6.45, 7) is 29.9. The molecule has 0 aromatic carbocycles. The molecule has 196 valence electrons. The second kappa shape index (κ2) is 16.7. The summed E-state index contributed by atoms with van der Waals surface area (Å²) in [5.41, 5.74) is 0. The van der Waals surface area contributed by atoms with E-state index in [1.165, 1.54) is 0 Å². The predicted molar refractivity (Wildman–Crippen MR) is 154 cm³/mol. The molecule has 0 aromatic heterocycles. The second-order valence-corrected chi connectivity index (χ2v) is 31.6. The van der Waals surface area contributed by atoms with Crippen LogP contribution in [0.4, 0.5) is 0 Å². The van der Waals surface area contributed by atoms with Gasteiger partial charge in [-0.25, -0.2) is 0 Å². The van der Waals surface area contributed by atoms with E-state index in [0.717, 1.165) is 24.2 Å². The zero-order valence-electron chi connectivity index (χ0n) is 23.6. The van der Waals surface area contributed by atoms with Gasteiger partial charge in [0.1, 0.15) is 0 Å². The zero-order valence-corrected chi connectivity index (χ0v) is 29.9. The maximum Gasteiger partial charge on any atom is 0.500 e. The molecule has 0 amide bonds. The molecular weight excluding hydrogens is 505 g/mol. The summed E-state index contributed by atoms with van der Waals surface area (Å²) in [5, 5.41) is 0. The van der Waals surface area contributed by atoms with E-state index in [0.29, 0.717) is 19.8 Å². The molecule has 32 heavy (non-hydrogen) atoms. The Morgan fingerprint density at radius 3 is 1.12 bits per heavy atom. The molecule has 0 aliphatic rings. The first-order valence-electron chi connectivity index (χ1n) is 12.4. The Bertz CT molecular complexity index is 455. The van der Waals surface area contributed by atoms with Crippen molar-refractivity contribution >= 4 is 51.8 Å². The van der Waals surface area contributed by atoms with Crippen molar-refractivity contribution in [3.05, 3.63) is 0 Å². The van der Waals surface area contributed by atoms with Gasteiger partial charge < -0.3 is 26.3 Å². The molecule has 6 nitrogen and oxygen atoms in total. The summed E-state index contributed by atoms with van der Waals surface area (Å²) in [4.78, 5) is 9.73. The van der Waals surface area contributed by atoms with Crippen molar-refractivity contribution in [2.75, 3.05) is 19.8 Å². The van der Waals surface area contributed by atoms with Crippen molar-refractivity contribution in [3.63, 3.8) is 0 Å². The van der Waals surface area contributed by atoms with Gasteiger partial charge >= 0.3 is 8.80 Å². The molecule has 12 heteroatoms. The molecule has 0 spiro atoms. The summed E-state index contributed by atoms with van der Waals surface area (Å²) in [5.74, 6) is 0. The fraction of sp³-hybridized carbons (Fsp3) is 1.00. The molecule has 0 bridgehead atoms. The molecule has 0 heterocycles. The fourth-order valence-electron chi connectivity index (χ4n) is 3.46. The Morgan fingerprint density at radius 1 is 0.562 bits per heavy atom. The Kier molecular flexibility index (Phi) is 18.4. The molecule has 0 aromatic rings. The van der Waals surface area contributed by atoms with E-state index >= 15 is 0 Å². The Balaban J connectivity index is 0. The Hall–Kier alpha value is 1.06. The van der Waals surface area contributed by atoms with Crippen LogP contribution in [0.5, 0.6) is 0 Å². The van der Waals surface area contributed by atoms with E-state index in [9.17, 15) is 4.80 Å². The first-order chi connectivity index (χ1) is 14.4. The largest absolute Gasteiger partial charge is 0.500 e. The average Bonchev–Trinajstić information content (AvgIpc) is 2.57. The van der Waals surface area contributed by atoms with Gasteiger partial charge in [-0.3, -0.25) is 0 Å². The van der Waals surface area contributed by atoms with Crippen LogP contribution in [-0.4, -0.2) is 76.5 Å². The van der Waals surface area contributed by atoms with Crippen LogP contribution in [0.15, 0.2) is 0 Å². The van der Waals surface area contributed by atoms with Gasteiger partial charge in [-0.2, -0.15) is 0 Å². The molecular formula is C20H56O6Si6. The minimum absolute atomic E-state index is 0.647. The Morgan fingerprint density at radius 2 is 0.875 bits per heavy atom. The third kappa shape index (κ3) is 20.4. The lowest BCUT2D eigenvalue weighted by Gasteiger charge is -2.32. The third-order valence-corrected chi connectivity index (χ3v) is 21.9. The maximum absolute atomic E-state index is 9.73. The monoisotopic (exact) mass is 560 g/mol. The van der Waals surface area contributed by atoms with Crippen LogP contribution in [-0.2, 0) is 21.5 Å². The molecule has 0 rings (SSSR count). The van der Waals surface area contributed by atoms with Crippen LogP contribution in [0.2, 0.25) is 89.6 Å². The SMILES string of the molecule is CCO[Si](CC[Si](C)(C)O[SiH](C)C)(OCC)OCC.C[SiH](C)O[Si](C)(C)CC[Si](C)(C)O. The van der Waals surface area contributed by atoms with Crippen molar-refractivity contribution in [2.24, 2.45) is 0 Å². The van der Waals surface area contributed by atoms with Crippen LogP contribution in [0.1, 0.15) is 20.8 Å². The van der Waals surface area contributed by atoms with E-state index < -0.39 is 51.8 Å². The van der Waals surface area contributed by atoms with E-state index in [1.54, 1.807) is 0 Å². The van der Waals surface area contributed by atoms with Crippen LogP contribution < -0.4 is 0 Å². The van der Waals surface area contributed by atoms with Gasteiger partial charge in [0, 0.05) is 25.9 Å². The highest BCUT2D eigenvalue weighted by Gasteiger charge is 2.42. The summed E-state index contributed by atoms with van der Waals surface area (Å²) >= 11 is 0. The van der Waals surface area contributed by atoms with Crippen molar-refractivity contribution in [2.45, 2.75) is 110 Å². The lowest BCUT2D eigenvalue weighted by atomic mass is 10.9. The minimum atomic E-state index is -2.49. The smallest absolute Gasteiger partial charge is 0.458 e. The first-order valence-corrected chi connectivity index (χ1v) is 29.3. The highest BCUT2D eigenvalue weighted by molar-refractivity contribution is 6.80. The van der Waals surface area contributed by atoms with Gasteiger partial charge in [0.2, 0.25) is 0 Å². The molecule has 1 N–H and O–H groups in total. The molecule has 0 saturated heterocycles. The molecule has 0 saturated carbocycles. The van der Waals surface area contributed by atoms with Gasteiger partial charge in [0.15, 0.2) is 43.0 Å². The van der Waals surface area contributed by atoms with Crippen molar-refractivity contribution in [1.29, 1.82) is 0 Å². The lowest BCUT2D eigenvalue weighted by molar-refractivity contribution is 0.0723. The fourth-order valence-corrected chi connectivity index (χ4v) is 25.1. The molecule has 0 atom stereocenters. The molecule has 0 unspecified atom stereocenters. The van der Waals surface area contributed by atoms with E-state index in [4.69, 9.17) is 21.5 Å². The molecule has 0 aliphatic carbocycles.